The average Bonchev–Trinajstić information content (AvgIpc) is 3.25. The van der Waals surface area contributed by atoms with Gasteiger partial charge in [0.1, 0.15) is 23.9 Å². The molecule has 0 aliphatic carbocycles. The standard InChI is InChI=1S/C21H29FN6O3/c1-13-18(28-9-14-8-25-26(5)16(14)11-28)23-12-24-19(13)30-17-6-7-27(10-15(17)22)20(29)31-21(2,3)4/h8,12,15,17H,6-7,9-11H2,1-5H3. The molecule has 2 atom stereocenters. The maximum Gasteiger partial charge on any atom is 0.410 e. The van der Waals surface area contributed by atoms with Crippen molar-refractivity contribution < 1.29 is 18.7 Å². The number of carbonyl (C=O) groups is 1. The van der Waals surface area contributed by atoms with Gasteiger partial charge in [-0.15, -0.1) is 0 Å². The number of aromatic nitrogens is 4. The van der Waals surface area contributed by atoms with Gasteiger partial charge in [-0.1, -0.05) is 0 Å². The topological polar surface area (TPSA) is 85.6 Å². The third kappa shape index (κ3) is 4.42. The van der Waals surface area contributed by atoms with Crippen molar-refractivity contribution in [2.75, 3.05) is 18.0 Å². The predicted octanol–water partition coefficient (Wildman–Crippen LogP) is 2.77. The van der Waals surface area contributed by atoms with Gasteiger partial charge in [-0.05, 0) is 27.7 Å². The normalized spacial score (nSPS) is 21.2. The number of likely N-dealkylation sites (tertiary alicyclic amines) is 1. The molecule has 2 aliphatic heterocycles. The molecule has 2 unspecified atom stereocenters. The molecule has 0 N–H and O–H groups in total. The lowest BCUT2D eigenvalue weighted by Gasteiger charge is -2.35. The number of fused-ring (bicyclic) bond motifs is 1. The van der Waals surface area contributed by atoms with Crippen LogP contribution in [0, 0.1) is 6.92 Å². The van der Waals surface area contributed by atoms with Crippen LogP contribution in [-0.2, 0) is 24.9 Å². The van der Waals surface area contributed by atoms with E-state index in [-0.39, 0.29) is 6.54 Å². The minimum Gasteiger partial charge on any atom is -0.471 e. The second-order valence-electron chi connectivity index (χ2n) is 9.11. The van der Waals surface area contributed by atoms with Gasteiger partial charge in [0, 0.05) is 32.1 Å². The first kappa shape index (κ1) is 21.3. The maximum atomic E-state index is 14.9. The number of piperidine rings is 1. The number of halogens is 1. The molecule has 2 aliphatic rings. The van der Waals surface area contributed by atoms with Crippen molar-refractivity contribution in [1.29, 1.82) is 0 Å². The minimum absolute atomic E-state index is 0.0645. The monoisotopic (exact) mass is 432 g/mol. The Morgan fingerprint density at radius 3 is 2.71 bits per heavy atom. The number of aryl methyl sites for hydroxylation is 1. The van der Waals surface area contributed by atoms with Gasteiger partial charge >= 0.3 is 6.09 Å². The molecule has 1 saturated heterocycles. The van der Waals surface area contributed by atoms with E-state index in [1.54, 1.807) is 20.8 Å². The molecule has 0 spiro atoms. The Hall–Kier alpha value is -2.91. The van der Waals surface area contributed by atoms with Crippen molar-refractivity contribution in [3.05, 3.63) is 29.3 Å². The molecule has 1 fully saturated rings. The summed E-state index contributed by atoms with van der Waals surface area (Å²) in [5, 5.41) is 4.28. The molecule has 10 heteroatoms. The first-order valence-electron chi connectivity index (χ1n) is 10.5. The predicted molar refractivity (Wildman–Crippen MR) is 112 cm³/mol. The number of ether oxygens (including phenoxy) is 2. The summed E-state index contributed by atoms with van der Waals surface area (Å²) in [6.07, 6.45) is 1.16. The molecule has 4 rings (SSSR count). The number of hydrogen-bond donors (Lipinski definition) is 0. The van der Waals surface area contributed by atoms with Gasteiger partial charge in [0.05, 0.1) is 30.5 Å². The van der Waals surface area contributed by atoms with E-state index in [0.29, 0.717) is 31.9 Å². The van der Waals surface area contributed by atoms with Crippen molar-refractivity contribution in [2.24, 2.45) is 7.05 Å². The van der Waals surface area contributed by atoms with Crippen LogP contribution in [-0.4, -0.2) is 61.7 Å². The largest absolute Gasteiger partial charge is 0.471 e. The van der Waals surface area contributed by atoms with Crippen LogP contribution in [0.4, 0.5) is 15.0 Å². The second kappa shape index (κ2) is 7.97. The molecule has 4 heterocycles. The number of anilines is 1. The van der Waals surface area contributed by atoms with E-state index in [0.717, 1.165) is 17.1 Å². The second-order valence-corrected chi connectivity index (χ2v) is 9.11. The first-order chi connectivity index (χ1) is 14.6. The van der Waals surface area contributed by atoms with E-state index < -0.39 is 24.0 Å². The van der Waals surface area contributed by atoms with Gasteiger partial charge in [0.2, 0.25) is 5.88 Å². The molecule has 0 radical (unpaired) electrons. The zero-order chi connectivity index (χ0) is 22.3. The fourth-order valence-electron chi connectivity index (χ4n) is 3.95. The number of nitrogens with zero attached hydrogens (tertiary/aromatic N) is 6. The third-order valence-corrected chi connectivity index (χ3v) is 5.56. The van der Waals surface area contributed by atoms with E-state index in [1.807, 2.05) is 24.9 Å². The Kier molecular flexibility index (Phi) is 5.49. The van der Waals surface area contributed by atoms with Crippen molar-refractivity contribution >= 4 is 11.9 Å². The lowest BCUT2D eigenvalue weighted by atomic mass is 10.1. The summed E-state index contributed by atoms with van der Waals surface area (Å²) in [5.41, 5.74) is 2.47. The van der Waals surface area contributed by atoms with Crippen LogP contribution in [0.1, 0.15) is 44.0 Å². The summed E-state index contributed by atoms with van der Waals surface area (Å²) >= 11 is 0. The van der Waals surface area contributed by atoms with Crippen LogP contribution in [0.3, 0.4) is 0 Å². The Morgan fingerprint density at radius 2 is 2.03 bits per heavy atom. The summed E-state index contributed by atoms with van der Waals surface area (Å²) in [4.78, 5) is 24.4. The number of rotatable bonds is 3. The van der Waals surface area contributed by atoms with Crippen molar-refractivity contribution in [3.8, 4) is 5.88 Å². The highest BCUT2D eigenvalue weighted by atomic mass is 19.1. The minimum atomic E-state index is -1.33. The van der Waals surface area contributed by atoms with Gasteiger partial charge in [0.25, 0.3) is 0 Å². The van der Waals surface area contributed by atoms with Gasteiger partial charge in [0.15, 0.2) is 6.17 Å². The molecule has 0 aromatic carbocycles. The van der Waals surface area contributed by atoms with Gasteiger partial charge in [-0.2, -0.15) is 5.10 Å². The van der Waals surface area contributed by atoms with Crippen LogP contribution in [0.2, 0.25) is 0 Å². The quantitative estimate of drug-likeness (QED) is 0.737. The first-order valence-corrected chi connectivity index (χ1v) is 10.5. The van der Waals surface area contributed by atoms with E-state index in [4.69, 9.17) is 9.47 Å². The van der Waals surface area contributed by atoms with Crippen LogP contribution < -0.4 is 9.64 Å². The zero-order valence-corrected chi connectivity index (χ0v) is 18.6. The van der Waals surface area contributed by atoms with E-state index in [2.05, 4.69) is 20.0 Å². The lowest BCUT2D eigenvalue weighted by molar-refractivity contribution is -0.0116. The van der Waals surface area contributed by atoms with Gasteiger partial charge in [-0.3, -0.25) is 4.68 Å². The summed E-state index contributed by atoms with van der Waals surface area (Å²) in [6, 6.07) is 0. The molecule has 2 aromatic heterocycles. The summed E-state index contributed by atoms with van der Waals surface area (Å²) in [7, 11) is 1.93. The molecule has 1 amide bonds. The number of carbonyl (C=O) groups excluding carboxylic acids is 1. The third-order valence-electron chi connectivity index (χ3n) is 5.56. The molecule has 0 saturated carbocycles. The number of hydrogen-bond acceptors (Lipinski definition) is 7. The Labute approximate surface area is 181 Å². The highest BCUT2D eigenvalue weighted by Crippen LogP contribution is 2.32. The van der Waals surface area contributed by atoms with E-state index >= 15 is 0 Å². The number of amides is 1. The van der Waals surface area contributed by atoms with Crippen LogP contribution >= 0.6 is 0 Å². The molecule has 0 bridgehead atoms. The Morgan fingerprint density at radius 1 is 1.26 bits per heavy atom. The van der Waals surface area contributed by atoms with Gasteiger partial charge in [-0.25, -0.2) is 19.2 Å². The molecule has 2 aromatic rings. The fraction of sp³-hybridized carbons (Fsp3) is 0.619. The Bertz CT molecular complexity index is 973. The lowest BCUT2D eigenvalue weighted by Crippen LogP contribution is -2.50. The number of alkyl halides is 1. The summed E-state index contributed by atoms with van der Waals surface area (Å²) in [6.45, 7) is 8.96. The van der Waals surface area contributed by atoms with Crippen molar-refractivity contribution in [2.45, 2.75) is 65.1 Å². The van der Waals surface area contributed by atoms with Gasteiger partial charge < -0.3 is 19.3 Å². The molecule has 9 nitrogen and oxygen atoms in total. The van der Waals surface area contributed by atoms with Crippen molar-refractivity contribution in [1.82, 2.24) is 24.6 Å². The SMILES string of the molecule is Cc1c(OC2CCN(C(=O)OC(C)(C)C)CC2F)ncnc1N1Cc2cnn(C)c2C1. The molecular weight excluding hydrogens is 403 g/mol. The Balaban J connectivity index is 1.41. The van der Waals surface area contributed by atoms with Crippen LogP contribution in [0.25, 0.3) is 0 Å². The molecule has 168 valence electrons. The molecule has 31 heavy (non-hydrogen) atoms. The average molecular weight is 433 g/mol. The highest BCUT2D eigenvalue weighted by molar-refractivity contribution is 5.68. The van der Waals surface area contributed by atoms with E-state index in [9.17, 15) is 9.18 Å². The fourth-order valence-corrected chi connectivity index (χ4v) is 3.95. The summed E-state index contributed by atoms with van der Waals surface area (Å²) in [5.74, 6) is 1.14. The van der Waals surface area contributed by atoms with Crippen LogP contribution in [0.15, 0.2) is 12.5 Å². The van der Waals surface area contributed by atoms with Crippen molar-refractivity contribution in [3.63, 3.8) is 0 Å². The van der Waals surface area contributed by atoms with E-state index in [1.165, 1.54) is 16.8 Å². The zero-order valence-electron chi connectivity index (χ0n) is 18.6. The smallest absolute Gasteiger partial charge is 0.410 e. The molecular formula is C21H29FN6O3. The highest BCUT2D eigenvalue weighted by Gasteiger charge is 2.36. The maximum absolute atomic E-state index is 14.9. The summed E-state index contributed by atoms with van der Waals surface area (Å²) < 4.78 is 28.0. The van der Waals surface area contributed by atoms with Crippen LogP contribution in [0.5, 0.6) is 5.88 Å².